The van der Waals surface area contributed by atoms with Crippen molar-refractivity contribution in [2.24, 2.45) is 5.73 Å². The molecule has 3 heterocycles. The predicted octanol–water partition coefficient (Wildman–Crippen LogP) is 3.01. The number of amides is 2. The van der Waals surface area contributed by atoms with Crippen molar-refractivity contribution in [2.45, 2.75) is 11.8 Å². The molecule has 1 aromatic carbocycles. The molecule has 32 heavy (non-hydrogen) atoms. The highest BCUT2D eigenvalue weighted by Gasteiger charge is 2.37. The van der Waals surface area contributed by atoms with Crippen LogP contribution < -0.4 is 5.73 Å². The number of rotatable bonds is 7. The van der Waals surface area contributed by atoms with E-state index in [1.165, 1.54) is 43.3 Å². The zero-order valence-corrected chi connectivity index (χ0v) is 19.9. The molecule has 2 aromatic heterocycles. The highest BCUT2D eigenvalue weighted by molar-refractivity contribution is 7.89. The Balaban J connectivity index is 1.50. The number of piperazine rings is 1. The number of hydrogen-bond acceptors (Lipinski definition) is 7. The number of benzene rings is 1. The van der Waals surface area contributed by atoms with Gasteiger partial charge in [-0.3, -0.25) is 9.59 Å². The summed E-state index contributed by atoms with van der Waals surface area (Å²) in [6.07, 6.45) is 1.39. The maximum Gasteiger partial charge on any atom is 0.268 e. The van der Waals surface area contributed by atoms with Gasteiger partial charge in [0.05, 0.1) is 13.1 Å². The smallest absolute Gasteiger partial charge is 0.268 e. The zero-order valence-electron chi connectivity index (χ0n) is 16.7. The first-order chi connectivity index (χ1) is 15.2. The minimum absolute atomic E-state index is 0.150. The van der Waals surface area contributed by atoms with Crippen LogP contribution in [0.4, 0.5) is 0 Å². The lowest BCUT2D eigenvalue weighted by Crippen LogP contribution is -2.52. The molecule has 8 nitrogen and oxygen atoms in total. The van der Waals surface area contributed by atoms with E-state index in [4.69, 9.17) is 17.3 Å². The monoisotopic (exact) mass is 510 g/mol. The van der Waals surface area contributed by atoms with Crippen LogP contribution in [0.2, 0.25) is 5.02 Å². The van der Waals surface area contributed by atoms with Gasteiger partial charge in [0, 0.05) is 33.1 Å². The molecule has 0 saturated carbocycles. The van der Waals surface area contributed by atoms with Gasteiger partial charge < -0.3 is 10.6 Å². The number of aromatic nitrogens is 1. The van der Waals surface area contributed by atoms with E-state index < -0.39 is 21.2 Å². The Bertz CT molecular complexity index is 1320. The fourth-order valence-corrected chi connectivity index (χ4v) is 7.62. The number of carbonyl (C=O) groups excluding carboxylic acids is 2. The van der Waals surface area contributed by atoms with Crippen molar-refractivity contribution in [3.8, 4) is 0 Å². The van der Waals surface area contributed by atoms with Gasteiger partial charge in [-0.05, 0) is 23.6 Å². The number of sulfonamides is 1. The average Bonchev–Trinajstić information content (AvgIpc) is 3.36. The van der Waals surface area contributed by atoms with Crippen LogP contribution in [0.15, 0.2) is 42.3 Å². The number of nitrogens with zero attached hydrogens (tertiary/aromatic N) is 3. The van der Waals surface area contributed by atoms with Crippen molar-refractivity contribution >= 4 is 66.2 Å². The first-order valence-electron chi connectivity index (χ1n) is 9.51. The largest absolute Gasteiger partial charge is 0.364 e. The average molecular weight is 511 g/mol. The number of halogens is 1. The molecule has 1 saturated heterocycles. The van der Waals surface area contributed by atoms with Gasteiger partial charge in [-0.25, -0.2) is 13.4 Å². The summed E-state index contributed by atoms with van der Waals surface area (Å²) in [5, 5.41) is 2.62. The molecule has 12 heteroatoms. The highest BCUT2D eigenvalue weighted by atomic mass is 35.5. The summed E-state index contributed by atoms with van der Waals surface area (Å²) in [6.45, 7) is 4.04. The number of thiazole rings is 1. The summed E-state index contributed by atoms with van der Waals surface area (Å²) in [5.74, 6) is -0.963. The molecule has 168 valence electrons. The minimum atomic E-state index is -3.85. The predicted molar refractivity (Wildman–Crippen MR) is 126 cm³/mol. The number of primary amides is 1. The molecule has 3 aromatic rings. The Morgan fingerprint density at radius 2 is 2.12 bits per heavy atom. The van der Waals surface area contributed by atoms with Gasteiger partial charge in [0.2, 0.25) is 15.9 Å². The van der Waals surface area contributed by atoms with Crippen LogP contribution in [-0.2, 0) is 21.4 Å². The summed E-state index contributed by atoms with van der Waals surface area (Å²) in [7, 11) is -3.85. The molecular formula is C20H19ClN4O4S3. The summed E-state index contributed by atoms with van der Waals surface area (Å²) < 4.78 is 28.8. The van der Waals surface area contributed by atoms with E-state index in [0.717, 1.165) is 10.1 Å². The van der Waals surface area contributed by atoms with Crippen LogP contribution in [0.5, 0.6) is 0 Å². The topological polar surface area (TPSA) is 114 Å². The third-order valence-corrected chi connectivity index (χ3v) is 9.61. The minimum Gasteiger partial charge on any atom is -0.364 e. The lowest BCUT2D eigenvalue weighted by molar-refractivity contribution is -0.134. The van der Waals surface area contributed by atoms with Gasteiger partial charge in [0.25, 0.3) is 5.91 Å². The second kappa shape index (κ2) is 8.91. The van der Waals surface area contributed by atoms with Crippen LogP contribution in [0, 0.1) is 0 Å². The first-order valence-corrected chi connectivity index (χ1v) is 13.1. The van der Waals surface area contributed by atoms with Crippen LogP contribution >= 0.6 is 34.3 Å². The first kappa shape index (κ1) is 22.9. The van der Waals surface area contributed by atoms with Crippen molar-refractivity contribution in [1.82, 2.24) is 14.2 Å². The lowest BCUT2D eigenvalue weighted by atomic mass is 10.2. The number of fused-ring (bicyclic) bond motifs is 1. The summed E-state index contributed by atoms with van der Waals surface area (Å²) in [6, 6.07) is 7.21. The molecule has 1 fully saturated rings. The Kier molecular flexibility index (Phi) is 6.37. The molecule has 1 aliphatic heterocycles. The van der Waals surface area contributed by atoms with E-state index in [-0.39, 0.29) is 37.8 Å². The van der Waals surface area contributed by atoms with Crippen molar-refractivity contribution in [3.63, 3.8) is 0 Å². The molecule has 1 atom stereocenters. The molecule has 0 spiro atoms. The van der Waals surface area contributed by atoms with Crippen molar-refractivity contribution in [1.29, 1.82) is 0 Å². The van der Waals surface area contributed by atoms with Gasteiger partial charge in [-0.15, -0.1) is 29.3 Å². The Hall–Kier alpha value is -2.31. The van der Waals surface area contributed by atoms with E-state index in [1.807, 2.05) is 12.1 Å². The fraction of sp³-hybridized carbons (Fsp3) is 0.250. The highest BCUT2D eigenvalue weighted by Crippen LogP contribution is 2.37. The van der Waals surface area contributed by atoms with Gasteiger partial charge in [0.15, 0.2) is 0 Å². The third-order valence-electron chi connectivity index (χ3n) is 5.09. The molecule has 0 aliphatic carbocycles. The van der Waals surface area contributed by atoms with Crippen LogP contribution in [0.1, 0.15) is 25.6 Å². The quantitative estimate of drug-likeness (QED) is 0.491. The molecule has 2 N–H and O–H groups in total. The zero-order chi connectivity index (χ0) is 23.0. The second-order valence-electron chi connectivity index (χ2n) is 7.17. The Labute approximate surface area is 198 Å². The SMILES string of the molecule is C=CC(c1cc2ccc(Cl)cc2s1)S(=O)(=O)N1CCN(Cc2nc(C(N)=O)cs2)C(=O)C1. The van der Waals surface area contributed by atoms with Gasteiger partial charge in [0.1, 0.15) is 16.0 Å². The van der Waals surface area contributed by atoms with Gasteiger partial charge in [-0.1, -0.05) is 23.7 Å². The standard InChI is InChI=1S/C20H19ClN4O4S3/c1-2-17(16-7-12-3-4-13(21)8-15(12)31-16)32(28,29)25-6-5-24(19(26)10-25)9-18-23-14(11-30-18)20(22)27/h2-4,7-8,11,17H,1,5-6,9-10H2,(H2,22,27). The number of hydrogen-bond donors (Lipinski definition) is 1. The Morgan fingerprint density at radius 3 is 2.78 bits per heavy atom. The maximum absolute atomic E-state index is 13.4. The summed E-state index contributed by atoms with van der Waals surface area (Å²) >= 11 is 8.62. The molecule has 1 unspecified atom stereocenters. The summed E-state index contributed by atoms with van der Waals surface area (Å²) in [4.78, 5) is 30.2. The molecule has 2 amide bonds. The van der Waals surface area contributed by atoms with E-state index >= 15 is 0 Å². The van der Waals surface area contributed by atoms with Crippen molar-refractivity contribution in [3.05, 3.63) is 62.9 Å². The van der Waals surface area contributed by atoms with Gasteiger partial charge >= 0.3 is 0 Å². The number of nitrogens with two attached hydrogens (primary N) is 1. The van der Waals surface area contributed by atoms with E-state index in [0.29, 0.717) is 14.9 Å². The third kappa shape index (κ3) is 4.44. The normalized spacial score (nSPS) is 16.4. The molecular weight excluding hydrogens is 492 g/mol. The van der Waals surface area contributed by atoms with E-state index in [9.17, 15) is 18.0 Å². The molecule has 0 radical (unpaired) electrons. The van der Waals surface area contributed by atoms with Crippen molar-refractivity contribution < 1.29 is 18.0 Å². The molecule has 4 rings (SSSR count). The lowest BCUT2D eigenvalue weighted by Gasteiger charge is -2.34. The Morgan fingerprint density at radius 1 is 1.34 bits per heavy atom. The summed E-state index contributed by atoms with van der Waals surface area (Å²) in [5.41, 5.74) is 5.36. The number of thiophene rings is 1. The van der Waals surface area contributed by atoms with E-state index in [2.05, 4.69) is 11.6 Å². The number of carbonyl (C=O) groups is 2. The van der Waals surface area contributed by atoms with Gasteiger partial charge in [-0.2, -0.15) is 4.31 Å². The fourth-order valence-electron chi connectivity index (χ4n) is 3.44. The van der Waals surface area contributed by atoms with Crippen LogP contribution in [0.25, 0.3) is 10.1 Å². The van der Waals surface area contributed by atoms with E-state index in [1.54, 1.807) is 12.1 Å². The maximum atomic E-state index is 13.4. The van der Waals surface area contributed by atoms with Crippen LogP contribution in [0.3, 0.4) is 0 Å². The molecule has 1 aliphatic rings. The second-order valence-corrected chi connectivity index (χ2v) is 11.7. The van der Waals surface area contributed by atoms with Crippen LogP contribution in [-0.4, -0.2) is 54.1 Å². The van der Waals surface area contributed by atoms with Crippen molar-refractivity contribution in [2.75, 3.05) is 19.6 Å². The molecule has 0 bridgehead atoms.